The van der Waals surface area contributed by atoms with E-state index in [1.807, 2.05) is 0 Å². The van der Waals surface area contributed by atoms with Crippen LogP contribution in [-0.2, 0) is 10.0 Å². The van der Waals surface area contributed by atoms with Crippen LogP contribution in [0.1, 0.15) is 12.8 Å². The van der Waals surface area contributed by atoms with Crippen LogP contribution in [0.5, 0.6) is 0 Å². The predicted molar refractivity (Wildman–Crippen MR) is 79.3 cm³/mol. The summed E-state index contributed by atoms with van der Waals surface area (Å²) in [7, 11) is -0.235. The van der Waals surface area contributed by atoms with E-state index in [-0.39, 0.29) is 5.03 Å². The van der Waals surface area contributed by atoms with Gasteiger partial charge in [0, 0.05) is 33.4 Å². The van der Waals surface area contributed by atoms with Gasteiger partial charge >= 0.3 is 0 Å². The van der Waals surface area contributed by atoms with E-state index in [1.54, 1.807) is 26.2 Å². The van der Waals surface area contributed by atoms with Gasteiger partial charge in [0.05, 0.1) is 5.69 Å². The number of likely N-dealkylation sites (N-methyl/N-ethyl adjacent to an activating group) is 1. The smallest absolute Gasteiger partial charge is 0.262 e. The molecule has 6 nitrogen and oxygen atoms in total. The maximum absolute atomic E-state index is 12.5. The van der Waals surface area contributed by atoms with Gasteiger partial charge in [-0.05, 0) is 38.1 Å². The third-order valence-electron chi connectivity index (χ3n) is 3.62. The molecule has 1 saturated heterocycles. The summed E-state index contributed by atoms with van der Waals surface area (Å²) in [5, 5.41) is 2.96. The van der Waals surface area contributed by atoms with Crippen LogP contribution in [0, 0.1) is 0 Å². The highest BCUT2D eigenvalue weighted by atomic mass is 32.2. The van der Waals surface area contributed by atoms with Gasteiger partial charge in [-0.3, -0.25) is 0 Å². The van der Waals surface area contributed by atoms with Crippen molar-refractivity contribution in [3.8, 4) is 0 Å². The van der Waals surface area contributed by atoms with Crippen LogP contribution < -0.4 is 5.32 Å². The molecule has 0 radical (unpaired) electrons. The monoisotopic (exact) mass is 298 g/mol. The maximum atomic E-state index is 12.5. The normalized spacial score (nSPS) is 16.8. The van der Waals surface area contributed by atoms with Gasteiger partial charge in [-0.15, -0.1) is 0 Å². The Hall–Kier alpha value is -1.18. The fourth-order valence-corrected chi connectivity index (χ4v) is 3.60. The quantitative estimate of drug-likeness (QED) is 0.843. The number of hydrogen-bond acceptors (Lipinski definition) is 5. The Morgan fingerprint density at radius 1 is 1.40 bits per heavy atom. The Morgan fingerprint density at radius 2 is 2.10 bits per heavy atom. The van der Waals surface area contributed by atoms with E-state index in [0.29, 0.717) is 12.2 Å². The Labute approximate surface area is 120 Å². The zero-order chi connectivity index (χ0) is 14.6. The largest absolute Gasteiger partial charge is 0.386 e. The van der Waals surface area contributed by atoms with Crippen LogP contribution >= 0.6 is 0 Å². The Bertz CT molecular complexity index is 541. The van der Waals surface area contributed by atoms with Crippen molar-refractivity contribution in [2.45, 2.75) is 17.9 Å². The van der Waals surface area contributed by atoms with E-state index >= 15 is 0 Å². The zero-order valence-corrected chi connectivity index (χ0v) is 12.9. The number of nitrogens with zero attached hydrogens (tertiary/aromatic N) is 3. The van der Waals surface area contributed by atoms with Crippen molar-refractivity contribution in [1.82, 2.24) is 14.2 Å². The van der Waals surface area contributed by atoms with Crippen LogP contribution in [0.3, 0.4) is 0 Å². The number of sulfonamides is 1. The SMILES string of the molecule is CNc1cccnc1S(=O)(=O)N(C)CCN1CCCC1. The lowest BCUT2D eigenvalue weighted by molar-refractivity contribution is 0.309. The van der Waals surface area contributed by atoms with Gasteiger partial charge in [-0.1, -0.05) is 0 Å². The molecular formula is C13H22N4O2S. The van der Waals surface area contributed by atoms with Crippen molar-refractivity contribution in [3.05, 3.63) is 18.3 Å². The fraction of sp³-hybridized carbons (Fsp3) is 0.615. The molecule has 1 aromatic rings. The van der Waals surface area contributed by atoms with Gasteiger partial charge in [0.2, 0.25) is 0 Å². The van der Waals surface area contributed by atoms with Crippen LogP contribution in [-0.4, -0.2) is 62.9 Å². The fourth-order valence-electron chi connectivity index (χ4n) is 2.34. The highest BCUT2D eigenvalue weighted by Gasteiger charge is 2.25. The molecule has 0 bridgehead atoms. The molecule has 1 aliphatic rings. The molecule has 1 fully saturated rings. The Balaban J connectivity index is 2.08. The number of aromatic nitrogens is 1. The minimum atomic E-state index is -3.54. The van der Waals surface area contributed by atoms with Gasteiger partial charge in [0.15, 0.2) is 5.03 Å². The molecule has 0 aromatic carbocycles. The summed E-state index contributed by atoms with van der Waals surface area (Å²) in [6.07, 6.45) is 3.92. The second-order valence-corrected chi connectivity index (χ2v) is 6.94. The number of anilines is 1. The van der Waals surface area contributed by atoms with Gasteiger partial charge < -0.3 is 10.2 Å². The maximum Gasteiger partial charge on any atom is 0.262 e. The summed E-state index contributed by atoms with van der Waals surface area (Å²) in [5.41, 5.74) is 0.528. The van der Waals surface area contributed by atoms with Crippen molar-refractivity contribution in [2.24, 2.45) is 0 Å². The highest BCUT2D eigenvalue weighted by Crippen LogP contribution is 2.20. The number of nitrogens with one attached hydrogen (secondary N) is 1. The molecule has 1 aromatic heterocycles. The van der Waals surface area contributed by atoms with Gasteiger partial charge in [-0.25, -0.2) is 13.4 Å². The Morgan fingerprint density at radius 3 is 2.75 bits per heavy atom. The molecule has 7 heteroatoms. The van der Waals surface area contributed by atoms with E-state index in [0.717, 1.165) is 19.6 Å². The molecule has 0 atom stereocenters. The van der Waals surface area contributed by atoms with Gasteiger partial charge in [0.25, 0.3) is 10.0 Å². The van der Waals surface area contributed by atoms with E-state index in [1.165, 1.54) is 23.3 Å². The first-order valence-corrected chi connectivity index (χ1v) is 8.31. The summed E-state index contributed by atoms with van der Waals surface area (Å²) in [6.45, 7) is 3.40. The molecule has 112 valence electrons. The molecule has 0 amide bonds. The number of likely N-dealkylation sites (tertiary alicyclic amines) is 1. The topological polar surface area (TPSA) is 65.5 Å². The lowest BCUT2D eigenvalue weighted by Crippen LogP contribution is -2.35. The molecule has 0 saturated carbocycles. The van der Waals surface area contributed by atoms with Crippen LogP contribution in [0.15, 0.2) is 23.4 Å². The second-order valence-electron chi connectivity index (χ2n) is 4.98. The first kappa shape index (κ1) is 15.2. The molecule has 0 spiro atoms. The lowest BCUT2D eigenvalue weighted by atomic mass is 10.4. The third kappa shape index (κ3) is 3.28. The van der Waals surface area contributed by atoms with Crippen LogP contribution in [0.25, 0.3) is 0 Å². The van der Waals surface area contributed by atoms with Crippen LogP contribution in [0.2, 0.25) is 0 Å². The van der Waals surface area contributed by atoms with E-state index in [2.05, 4.69) is 15.2 Å². The predicted octanol–water partition coefficient (Wildman–Crippen LogP) is 0.840. The first-order valence-electron chi connectivity index (χ1n) is 6.87. The molecule has 2 heterocycles. The van der Waals surface area contributed by atoms with Crippen LogP contribution in [0.4, 0.5) is 5.69 Å². The summed E-state index contributed by atoms with van der Waals surface area (Å²) in [6, 6.07) is 3.43. The molecule has 1 N–H and O–H groups in total. The minimum Gasteiger partial charge on any atom is -0.386 e. The third-order valence-corrected chi connectivity index (χ3v) is 5.44. The van der Waals surface area contributed by atoms with Crippen molar-refractivity contribution in [1.29, 1.82) is 0 Å². The van der Waals surface area contributed by atoms with Crippen molar-refractivity contribution < 1.29 is 8.42 Å². The lowest BCUT2D eigenvalue weighted by Gasteiger charge is -2.21. The average molecular weight is 298 g/mol. The molecule has 0 aliphatic carbocycles. The molecule has 0 unspecified atom stereocenters. The summed E-state index contributed by atoms with van der Waals surface area (Å²) in [5.74, 6) is 0. The summed E-state index contributed by atoms with van der Waals surface area (Å²) < 4.78 is 26.4. The summed E-state index contributed by atoms with van der Waals surface area (Å²) in [4.78, 5) is 6.31. The van der Waals surface area contributed by atoms with E-state index < -0.39 is 10.0 Å². The zero-order valence-electron chi connectivity index (χ0n) is 12.0. The molecular weight excluding hydrogens is 276 g/mol. The first-order chi connectivity index (χ1) is 9.55. The molecule has 1 aliphatic heterocycles. The summed E-state index contributed by atoms with van der Waals surface area (Å²) >= 11 is 0. The number of hydrogen-bond donors (Lipinski definition) is 1. The van der Waals surface area contributed by atoms with Crippen molar-refractivity contribution in [3.63, 3.8) is 0 Å². The van der Waals surface area contributed by atoms with Crippen molar-refractivity contribution >= 4 is 15.7 Å². The number of pyridine rings is 1. The average Bonchev–Trinajstić information content (AvgIpc) is 2.97. The molecule has 20 heavy (non-hydrogen) atoms. The minimum absolute atomic E-state index is 0.0893. The molecule has 2 rings (SSSR count). The van der Waals surface area contributed by atoms with E-state index in [9.17, 15) is 8.42 Å². The second kappa shape index (κ2) is 6.51. The number of rotatable bonds is 6. The van der Waals surface area contributed by atoms with E-state index in [4.69, 9.17) is 0 Å². The standard InChI is InChI=1S/C13H22N4O2S/c1-14-12-6-5-7-15-13(12)20(18,19)16(2)10-11-17-8-3-4-9-17/h5-7,14H,3-4,8-11H2,1-2H3. The Kier molecular flexibility index (Phi) is 4.95. The van der Waals surface area contributed by atoms with Crippen molar-refractivity contribution in [2.75, 3.05) is 45.6 Å². The highest BCUT2D eigenvalue weighted by molar-refractivity contribution is 7.89. The van der Waals surface area contributed by atoms with Gasteiger partial charge in [0.1, 0.15) is 0 Å². The van der Waals surface area contributed by atoms with Gasteiger partial charge in [-0.2, -0.15) is 4.31 Å².